The highest BCUT2D eigenvalue weighted by atomic mass is 32.2. The Morgan fingerprint density at radius 1 is 1.06 bits per heavy atom. The SMILES string of the molecule is COc1cc[n+](/C(=C\C(=C=N)C#N)C(=O)N2c3ccccc3Sc3ccccc32)cc1. The monoisotopic (exact) mass is 425 g/mol. The molecule has 7 heteroatoms. The molecule has 2 aromatic carbocycles. The van der Waals surface area contributed by atoms with E-state index in [0.29, 0.717) is 5.75 Å². The van der Waals surface area contributed by atoms with Gasteiger partial charge in [-0.2, -0.15) is 9.83 Å². The van der Waals surface area contributed by atoms with Crippen LogP contribution < -0.4 is 14.2 Å². The first kappa shape index (κ1) is 20.2. The average molecular weight is 425 g/mol. The molecule has 4 rings (SSSR count). The van der Waals surface area contributed by atoms with E-state index in [2.05, 4.69) is 5.87 Å². The van der Waals surface area contributed by atoms with Crippen molar-refractivity contribution in [2.24, 2.45) is 0 Å². The Morgan fingerprint density at radius 2 is 1.65 bits per heavy atom. The fourth-order valence-electron chi connectivity index (χ4n) is 3.23. The van der Waals surface area contributed by atoms with Crippen molar-refractivity contribution in [3.63, 3.8) is 0 Å². The summed E-state index contributed by atoms with van der Waals surface area (Å²) >= 11 is 1.60. The molecule has 0 radical (unpaired) electrons. The highest BCUT2D eigenvalue weighted by molar-refractivity contribution is 7.99. The standard InChI is InChI=1S/C24H17N4O2S/c1-30-18-10-12-27(13-11-18)21(14-17(15-25)16-26)24(29)28-19-6-2-4-8-22(19)31-23-9-5-3-7-20(23)28/h2-14,25H,1H3/q+1/b21-14-. The highest BCUT2D eigenvalue weighted by Crippen LogP contribution is 2.48. The van der Waals surface area contributed by atoms with Crippen LogP contribution in [0, 0.1) is 16.7 Å². The number of amides is 1. The van der Waals surface area contributed by atoms with Crippen molar-refractivity contribution in [2.75, 3.05) is 12.0 Å². The van der Waals surface area contributed by atoms with Crippen LogP contribution >= 0.6 is 11.8 Å². The lowest BCUT2D eigenvalue weighted by atomic mass is 10.1. The molecule has 3 aromatic rings. The van der Waals surface area contributed by atoms with Crippen molar-refractivity contribution in [1.82, 2.24) is 0 Å². The highest BCUT2D eigenvalue weighted by Gasteiger charge is 2.34. The Labute approximate surface area is 183 Å². The number of aromatic nitrogens is 1. The van der Waals surface area contributed by atoms with Crippen LogP contribution in [0.4, 0.5) is 11.4 Å². The minimum Gasteiger partial charge on any atom is -0.496 e. The largest absolute Gasteiger partial charge is 0.496 e. The molecular weight excluding hydrogens is 408 g/mol. The Hall–Kier alpha value is -4.11. The van der Waals surface area contributed by atoms with Gasteiger partial charge in [0.05, 0.1) is 18.5 Å². The van der Waals surface area contributed by atoms with Crippen molar-refractivity contribution < 1.29 is 14.1 Å². The maximum atomic E-state index is 13.9. The molecule has 0 saturated carbocycles. The normalized spacial score (nSPS) is 12.1. The van der Waals surface area contributed by atoms with E-state index in [4.69, 9.17) is 10.1 Å². The van der Waals surface area contributed by atoms with Crippen LogP contribution in [-0.2, 0) is 4.79 Å². The van der Waals surface area contributed by atoms with Crippen LogP contribution in [0.3, 0.4) is 0 Å². The number of fused-ring (bicyclic) bond motifs is 2. The van der Waals surface area contributed by atoms with Gasteiger partial charge in [0.25, 0.3) is 5.70 Å². The van der Waals surface area contributed by atoms with E-state index >= 15 is 0 Å². The minimum absolute atomic E-state index is 0.0559. The fraction of sp³-hybridized carbons (Fsp3) is 0.0417. The fourth-order valence-corrected chi connectivity index (χ4v) is 4.29. The molecule has 1 N–H and O–H groups in total. The lowest BCUT2D eigenvalue weighted by molar-refractivity contribution is -0.577. The van der Waals surface area contributed by atoms with Gasteiger partial charge in [-0.1, -0.05) is 36.0 Å². The molecule has 1 aliphatic heterocycles. The number of hydrogen-bond acceptors (Lipinski definition) is 5. The molecule has 1 aliphatic rings. The van der Waals surface area contributed by atoms with E-state index in [1.165, 1.54) is 6.08 Å². The Balaban J connectivity index is 1.90. The Morgan fingerprint density at radius 3 is 2.16 bits per heavy atom. The van der Waals surface area contributed by atoms with E-state index in [9.17, 15) is 10.1 Å². The zero-order valence-corrected chi connectivity index (χ0v) is 17.4. The van der Waals surface area contributed by atoms with Gasteiger partial charge in [-0.3, -0.25) is 15.1 Å². The zero-order valence-electron chi connectivity index (χ0n) is 16.6. The molecule has 6 nitrogen and oxygen atoms in total. The number of methoxy groups -OCH3 is 1. The first-order chi connectivity index (χ1) is 15.2. The van der Waals surface area contributed by atoms with E-state index in [1.54, 1.807) is 52.9 Å². The quantitative estimate of drug-likeness (QED) is 0.222. The number of carbonyl (C=O) groups excluding carboxylic acids is 1. The van der Waals surface area contributed by atoms with Crippen molar-refractivity contribution in [3.05, 3.63) is 84.7 Å². The number of anilines is 2. The second-order valence-electron chi connectivity index (χ2n) is 6.50. The van der Waals surface area contributed by atoms with Gasteiger partial charge >= 0.3 is 5.91 Å². The average Bonchev–Trinajstić information content (AvgIpc) is 2.83. The lowest BCUT2D eigenvalue weighted by Crippen LogP contribution is -2.42. The second-order valence-corrected chi connectivity index (χ2v) is 7.59. The molecule has 0 bridgehead atoms. The Bertz CT molecular complexity index is 1240. The summed E-state index contributed by atoms with van der Waals surface area (Å²) in [6.45, 7) is 0. The van der Waals surface area contributed by atoms with Crippen LogP contribution in [0.5, 0.6) is 5.75 Å². The van der Waals surface area contributed by atoms with E-state index in [-0.39, 0.29) is 17.2 Å². The molecule has 1 amide bonds. The number of benzene rings is 2. The summed E-state index contributed by atoms with van der Waals surface area (Å²) in [5.41, 5.74) is 1.66. The molecule has 2 heterocycles. The molecule has 0 saturated heterocycles. The first-order valence-electron chi connectivity index (χ1n) is 9.34. The van der Waals surface area contributed by atoms with E-state index in [0.717, 1.165) is 21.2 Å². The van der Waals surface area contributed by atoms with Crippen LogP contribution in [0.15, 0.2) is 94.5 Å². The lowest BCUT2D eigenvalue weighted by Gasteiger charge is -2.30. The summed E-state index contributed by atoms with van der Waals surface area (Å²) in [5.74, 6) is 2.39. The third-order valence-electron chi connectivity index (χ3n) is 4.70. The number of nitrogens with one attached hydrogen (secondary N) is 1. The molecule has 150 valence electrons. The van der Waals surface area contributed by atoms with Gasteiger partial charge < -0.3 is 4.74 Å². The number of ether oxygens (including phenoxy) is 1. The zero-order chi connectivity index (χ0) is 21.8. The Kier molecular flexibility index (Phi) is 5.67. The number of hydrogen-bond donors (Lipinski definition) is 1. The first-order valence-corrected chi connectivity index (χ1v) is 10.2. The van der Waals surface area contributed by atoms with Crippen LogP contribution in [0.25, 0.3) is 5.70 Å². The van der Waals surface area contributed by atoms with Gasteiger partial charge in [0.2, 0.25) is 0 Å². The molecule has 1 aromatic heterocycles. The number of allylic oxidation sites excluding steroid dienone is 2. The number of rotatable bonds is 4. The summed E-state index contributed by atoms with van der Waals surface area (Å²) < 4.78 is 6.82. The predicted molar refractivity (Wildman–Crippen MR) is 118 cm³/mol. The van der Waals surface area contributed by atoms with Crippen molar-refractivity contribution in [1.29, 1.82) is 10.7 Å². The summed E-state index contributed by atoms with van der Waals surface area (Å²) in [5, 5.41) is 16.7. The van der Waals surface area contributed by atoms with E-state index < -0.39 is 0 Å². The summed E-state index contributed by atoms with van der Waals surface area (Å²) in [6, 6.07) is 20.7. The maximum Gasteiger partial charge on any atom is 0.328 e. The molecule has 0 aliphatic carbocycles. The predicted octanol–water partition coefficient (Wildman–Crippen LogP) is 4.35. The summed E-state index contributed by atoms with van der Waals surface area (Å²) in [4.78, 5) is 17.5. The van der Waals surface area contributed by atoms with E-state index in [1.807, 2.05) is 54.6 Å². The topological polar surface area (TPSA) is 81.1 Å². The minimum atomic E-state index is -0.335. The summed E-state index contributed by atoms with van der Waals surface area (Å²) in [7, 11) is 1.56. The molecule has 0 fully saturated rings. The van der Waals surface area contributed by atoms with Crippen LogP contribution in [0.1, 0.15) is 0 Å². The number of nitrogens with zero attached hydrogens (tertiary/aromatic N) is 3. The number of pyridine rings is 1. The van der Waals surface area contributed by atoms with Gasteiger partial charge in [0.15, 0.2) is 12.4 Å². The molecule has 0 spiro atoms. The summed E-state index contributed by atoms with van der Waals surface area (Å²) in [6.07, 6.45) is 4.73. The van der Waals surface area contributed by atoms with Gasteiger partial charge in [-0.25, -0.2) is 0 Å². The number of carbonyl (C=O) groups is 1. The molecule has 0 atom stereocenters. The van der Waals surface area contributed by atoms with Crippen LogP contribution in [0.2, 0.25) is 0 Å². The van der Waals surface area contributed by atoms with Crippen molar-refractivity contribution >= 4 is 40.6 Å². The maximum absolute atomic E-state index is 13.9. The third kappa shape index (κ3) is 3.86. The molecule has 0 unspecified atom stereocenters. The van der Waals surface area contributed by atoms with Gasteiger partial charge in [-0.05, 0) is 30.1 Å². The van der Waals surface area contributed by atoms with Gasteiger partial charge in [0.1, 0.15) is 17.4 Å². The molecular formula is C24H17N4O2S+. The van der Waals surface area contributed by atoms with Crippen LogP contribution in [-0.4, -0.2) is 18.9 Å². The van der Waals surface area contributed by atoms with Crippen molar-refractivity contribution in [2.45, 2.75) is 9.79 Å². The third-order valence-corrected chi connectivity index (χ3v) is 5.83. The number of para-hydroxylation sites is 2. The smallest absolute Gasteiger partial charge is 0.328 e. The second kappa shape index (κ2) is 8.72. The van der Waals surface area contributed by atoms with Gasteiger partial charge in [0, 0.05) is 28.0 Å². The number of nitriles is 1. The van der Waals surface area contributed by atoms with Crippen molar-refractivity contribution in [3.8, 4) is 11.8 Å². The molecule has 31 heavy (non-hydrogen) atoms. The van der Waals surface area contributed by atoms with Gasteiger partial charge in [-0.15, -0.1) is 0 Å².